The van der Waals surface area contributed by atoms with Gasteiger partial charge in [0.25, 0.3) is 5.91 Å². The minimum atomic E-state index is -0.350. The predicted octanol–water partition coefficient (Wildman–Crippen LogP) is 3.08. The van der Waals surface area contributed by atoms with Crippen molar-refractivity contribution in [2.75, 3.05) is 23.5 Å². The van der Waals surface area contributed by atoms with Crippen molar-refractivity contribution >= 4 is 41.3 Å². The highest BCUT2D eigenvalue weighted by Gasteiger charge is 2.11. The van der Waals surface area contributed by atoms with Gasteiger partial charge in [0.05, 0.1) is 12.7 Å². The maximum Gasteiger partial charge on any atom is 0.257 e. The number of hydrogen-bond acceptors (Lipinski definition) is 4. The van der Waals surface area contributed by atoms with E-state index in [-0.39, 0.29) is 29.9 Å². The fraction of sp³-hybridized carbons (Fsp3) is 0.0588. The number of benzene rings is 2. The van der Waals surface area contributed by atoms with Crippen molar-refractivity contribution in [1.82, 2.24) is 0 Å². The van der Waals surface area contributed by atoms with Crippen LogP contribution >= 0.6 is 12.4 Å². The fourth-order valence-corrected chi connectivity index (χ4v) is 1.94. The lowest BCUT2D eigenvalue weighted by Crippen LogP contribution is -2.15. The van der Waals surface area contributed by atoms with Crippen molar-refractivity contribution in [1.29, 1.82) is 0 Å². The summed E-state index contributed by atoms with van der Waals surface area (Å²) in [5.74, 6) is -0.0615. The molecule has 0 spiro atoms. The third-order valence-corrected chi connectivity index (χ3v) is 3.08. The minimum absolute atomic E-state index is 0. The van der Waals surface area contributed by atoms with E-state index in [1.807, 2.05) is 0 Å². The Morgan fingerprint density at radius 3 is 2.46 bits per heavy atom. The van der Waals surface area contributed by atoms with Crippen LogP contribution in [0.4, 0.5) is 17.1 Å². The third-order valence-electron chi connectivity index (χ3n) is 3.08. The number of anilines is 3. The number of rotatable bonds is 5. The molecule has 2 rings (SSSR count). The maximum atomic E-state index is 12.3. The SMILES string of the molecule is C=CC(=O)Nc1ccc(C(=O)Nc2cccc(OC)c2)c(N)c1.Cl. The summed E-state index contributed by atoms with van der Waals surface area (Å²) < 4.78 is 5.10. The van der Waals surface area contributed by atoms with E-state index in [0.29, 0.717) is 22.7 Å². The molecule has 0 atom stereocenters. The number of nitrogen functional groups attached to an aromatic ring is 1. The average Bonchev–Trinajstić information content (AvgIpc) is 2.54. The van der Waals surface area contributed by atoms with E-state index in [2.05, 4.69) is 17.2 Å². The Hall–Kier alpha value is -2.99. The molecule has 0 fully saturated rings. The van der Waals surface area contributed by atoms with Crippen molar-refractivity contribution in [3.05, 3.63) is 60.7 Å². The van der Waals surface area contributed by atoms with Crippen LogP contribution in [0.3, 0.4) is 0 Å². The average molecular weight is 348 g/mol. The molecule has 0 saturated heterocycles. The first kappa shape index (κ1) is 19.1. The summed E-state index contributed by atoms with van der Waals surface area (Å²) in [6.07, 6.45) is 1.15. The second kappa shape index (κ2) is 8.59. The molecular weight excluding hydrogens is 330 g/mol. The smallest absolute Gasteiger partial charge is 0.257 e. The van der Waals surface area contributed by atoms with Gasteiger partial charge in [0.15, 0.2) is 0 Å². The van der Waals surface area contributed by atoms with Gasteiger partial charge in [-0.1, -0.05) is 12.6 Å². The summed E-state index contributed by atoms with van der Waals surface area (Å²) in [4.78, 5) is 23.5. The summed E-state index contributed by atoms with van der Waals surface area (Å²) in [6, 6.07) is 11.7. The number of amides is 2. The van der Waals surface area contributed by atoms with E-state index in [4.69, 9.17) is 10.5 Å². The van der Waals surface area contributed by atoms with Gasteiger partial charge in [-0.05, 0) is 36.4 Å². The topological polar surface area (TPSA) is 93.5 Å². The summed E-state index contributed by atoms with van der Waals surface area (Å²) in [6.45, 7) is 3.37. The number of nitrogens with two attached hydrogens (primary N) is 1. The maximum absolute atomic E-state index is 12.3. The number of methoxy groups -OCH3 is 1. The first-order chi connectivity index (χ1) is 11.0. The van der Waals surface area contributed by atoms with E-state index in [9.17, 15) is 9.59 Å². The monoisotopic (exact) mass is 347 g/mol. The van der Waals surface area contributed by atoms with Gasteiger partial charge in [-0.2, -0.15) is 0 Å². The van der Waals surface area contributed by atoms with Gasteiger partial charge >= 0.3 is 0 Å². The molecule has 24 heavy (non-hydrogen) atoms. The van der Waals surface area contributed by atoms with Gasteiger partial charge < -0.3 is 21.1 Å². The van der Waals surface area contributed by atoms with Crippen LogP contribution in [0.1, 0.15) is 10.4 Å². The van der Waals surface area contributed by atoms with Crippen LogP contribution in [0.5, 0.6) is 5.75 Å². The normalized spacial score (nSPS) is 9.38. The van der Waals surface area contributed by atoms with Crippen LogP contribution in [0.25, 0.3) is 0 Å². The van der Waals surface area contributed by atoms with Crippen molar-refractivity contribution < 1.29 is 14.3 Å². The second-order valence-corrected chi connectivity index (χ2v) is 4.68. The van der Waals surface area contributed by atoms with Crippen molar-refractivity contribution in [2.24, 2.45) is 0 Å². The van der Waals surface area contributed by atoms with Gasteiger partial charge in [-0.25, -0.2) is 0 Å². The van der Waals surface area contributed by atoms with Crippen LogP contribution < -0.4 is 21.1 Å². The minimum Gasteiger partial charge on any atom is -0.497 e. The molecule has 0 aliphatic rings. The molecule has 2 aromatic carbocycles. The summed E-state index contributed by atoms with van der Waals surface area (Å²) in [5, 5.41) is 5.32. The molecule has 0 radical (unpaired) electrons. The van der Waals surface area contributed by atoms with Gasteiger partial charge in [-0.3, -0.25) is 9.59 Å². The summed E-state index contributed by atoms with van der Waals surface area (Å²) >= 11 is 0. The zero-order valence-corrected chi connectivity index (χ0v) is 13.9. The lowest BCUT2D eigenvalue weighted by molar-refractivity contribution is -0.111. The number of hydrogen-bond donors (Lipinski definition) is 3. The molecule has 126 valence electrons. The van der Waals surface area contributed by atoms with Gasteiger partial charge in [0.1, 0.15) is 5.75 Å². The highest BCUT2D eigenvalue weighted by atomic mass is 35.5. The van der Waals surface area contributed by atoms with Crippen LogP contribution in [0, 0.1) is 0 Å². The summed E-state index contributed by atoms with van der Waals surface area (Å²) in [7, 11) is 1.55. The molecule has 0 heterocycles. The Bertz CT molecular complexity index is 762. The van der Waals surface area contributed by atoms with E-state index in [0.717, 1.165) is 6.08 Å². The van der Waals surface area contributed by atoms with E-state index < -0.39 is 0 Å². The zero-order chi connectivity index (χ0) is 16.8. The van der Waals surface area contributed by atoms with E-state index >= 15 is 0 Å². The Balaban J connectivity index is 0.00000288. The van der Waals surface area contributed by atoms with Crippen LogP contribution in [0.2, 0.25) is 0 Å². The molecule has 2 aromatic rings. The zero-order valence-electron chi connectivity index (χ0n) is 13.0. The molecule has 2 amide bonds. The lowest BCUT2D eigenvalue weighted by atomic mass is 10.1. The van der Waals surface area contributed by atoms with E-state index in [1.54, 1.807) is 43.5 Å². The molecular formula is C17H18ClN3O3. The van der Waals surface area contributed by atoms with Gasteiger partial charge in [0, 0.05) is 23.1 Å². The van der Waals surface area contributed by atoms with Crippen LogP contribution in [-0.2, 0) is 4.79 Å². The standard InChI is InChI=1S/C17H17N3O3.ClH/c1-3-16(21)19-12-7-8-14(15(18)10-12)17(22)20-11-5-4-6-13(9-11)23-2;/h3-10H,1,18H2,2H3,(H,19,21)(H,20,22);1H. The Morgan fingerprint density at radius 1 is 1.12 bits per heavy atom. The lowest BCUT2D eigenvalue weighted by Gasteiger charge is -2.10. The molecule has 7 heteroatoms. The van der Waals surface area contributed by atoms with Crippen molar-refractivity contribution in [3.8, 4) is 5.75 Å². The number of nitrogens with one attached hydrogen (secondary N) is 2. The van der Waals surface area contributed by atoms with Crippen molar-refractivity contribution in [3.63, 3.8) is 0 Å². The van der Waals surface area contributed by atoms with Crippen molar-refractivity contribution in [2.45, 2.75) is 0 Å². The molecule has 0 aliphatic carbocycles. The molecule has 0 aromatic heterocycles. The number of carbonyl (C=O) groups excluding carboxylic acids is 2. The highest BCUT2D eigenvalue weighted by molar-refractivity contribution is 6.08. The molecule has 0 aliphatic heterocycles. The quantitative estimate of drug-likeness (QED) is 0.572. The first-order valence-corrected chi connectivity index (χ1v) is 6.82. The first-order valence-electron chi connectivity index (χ1n) is 6.82. The van der Waals surface area contributed by atoms with Gasteiger partial charge in [0.2, 0.25) is 5.91 Å². The Labute approximate surface area is 146 Å². The third kappa shape index (κ3) is 4.76. The highest BCUT2D eigenvalue weighted by Crippen LogP contribution is 2.21. The number of carbonyl (C=O) groups is 2. The Kier molecular flexibility index (Phi) is 6.82. The molecule has 0 saturated carbocycles. The second-order valence-electron chi connectivity index (χ2n) is 4.68. The van der Waals surface area contributed by atoms with E-state index in [1.165, 1.54) is 6.07 Å². The van der Waals surface area contributed by atoms with Crippen LogP contribution in [0.15, 0.2) is 55.1 Å². The predicted molar refractivity (Wildman–Crippen MR) is 97.9 cm³/mol. The van der Waals surface area contributed by atoms with Gasteiger partial charge in [-0.15, -0.1) is 12.4 Å². The number of ether oxygens (including phenoxy) is 1. The summed E-state index contributed by atoms with van der Waals surface area (Å²) in [5.41, 5.74) is 7.54. The molecule has 4 N–H and O–H groups in total. The molecule has 0 unspecified atom stereocenters. The fourth-order valence-electron chi connectivity index (χ4n) is 1.94. The Morgan fingerprint density at radius 2 is 1.83 bits per heavy atom. The van der Waals surface area contributed by atoms with Crippen LogP contribution in [-0.4, -0.2) is 18.9 Å². The molecule has 6 nitrogen and oxygen atoms in total. The molecule has 0 bridgehead atoms. The largest absolute Gasteiger partial charge is 0.497 e. The number of halogens is 1.